The number of carboxylic acid groups (broad SMARTS) is 2. The van der Waals surface area contributed by atoms with Gasteiger partial charge in [-0.2, -0.15) is 26.3 Å². The highest BCUT2D eigenvalue weighted by atomic mass is 19.4. The highest BCUT2D eigenvalue weighted by Crippen LogP contribution is 2.32. The third-order valence-electron chi connectivity index (χ3n) is 6.41. The van der Waals surface area contributed by atoms with Gasteiger partial charge in [-0.3, -0.25) is 4.79 Å². The molecular weight excluding hydrogens is 649 g/mol. The zero-order chi connectivity index (χ0) is 34.9. The van der Waals surface area contributed by atoms with Gasteiger partial charge in [0.15, 0.2) is 11.5 Å². The van der Waals surface area contributed by atoms with Gasteiger partial charge in [-0.05, 0) is 55.1 Å². The summed E-state index contributed by atoms with van der Waals surface area (Å²) in [7, 11) is 2.10. The van der Waals surface area contributed by atoms with E-state index in [9.17, 15) is 31.1 Å². The molecule has 3 N–H and O–H groups in total. The molecule has 0 bridgehead atoms. The molecule has 2 aliphatic rings. The molecule has 0 radical (unpaired) electrons. The standard InChI is InChI=1S/C25H25FN4O3.2C2HF3O2/c1-29-10-12-30(13-11-29)24-14-17(8-9-27-24)19-7-6-18(15-20(19)26)28-25(31)23-16-32-21-4-2-3-5-22(21)33-23;2*3-2(4,5)1(6)7/h2-9,14-15,23H,10-13,16H2,1H3,(H,28,31);2*(H,6,7)/t23-;;/m1../s1. The average molecular weight is 677 g/mol. The first-order valence-corrected chi connectivity index (χ1v) is 13.4. The number of hydrogen-bond donors (Lipinski definition) is 3. The van der Waals surface area contributed by atoms with Gasteiger partial charge in [0.1, 0.15) is 18.2 Å². The Morgan fingerprint density at radius 2 is 1.45 bits per heavy atom. The number of aliphatic carboxylic acids is 2. The molecule has 3 heterocycles. The van der Waals surface area contributed by atoms with Crippen molar-refractivity contribution in [2.45, 2.75) is 18.5 Å². The van der Waals surface area contributed by atoms with Crippen molar-refractivity contribution in [1.29, 1.82) is 0 Å². The molecular formula is C29H27F7N4O7. The summed E-state index contributed by atoms with van der Waals surface area (Å²) in [5.74, 6) is -4.37. The molecule has 5 rings (SSSR count). The van der Waals surface area contributed by atoms with Crippen LogP contribution in [-0.2, 0) is 14.4 Å². The first kappa shape index (κ1) is 36.3. The number of alkyl halides is 6. The van der Waals surface area contributed by atoms with Crippen molar-refractivity contribution in [2.75, 3.05) is 50.1 Å². The van der Waals surface area contributed by atoms with E-state index >= 15 is 4.39 Å². The fraction of sp³-hybridized carbons (Fsp3) is 0.310. The Hall–Kier alpha value is -5.13. The highest BCUT2D eigenvalue weighted by Gasteiger charge is 2.39. The van der Waals surface area contributed by atoms with E-state index < -0.39 is 42.1 Å². The van der Waals surface area contributed by atoms with Crippen molar-refractivity contribution in [3.05, 3.63) is 66.6 Å². The number of aromatic nitrogens is 1. The number of para-hydroxylation sites is 2. The van der Waals surface area contributed by atoms with Gasteiger partial charge in [-0.15, -0.1) is 0 Å². The summed E-state index contributed by atoms with van der Waals surface area (Å²) in [6, 6.07) is 15.6. The monoisotopic (exact) mass is 676 g/mol. The van der Waals surface area contributed by atoms with Crippen molar-refractivity contribution >= 4 is 29.4 Å². The number of benzene rings is 2. The topological polar surface area (TPSA) is 142 Å². The molecule has 1 fully saturated rings. The molecule has 3 aromatic rings. The highest BCUT2D eigenvalue weighted by molar-refractivity contribution is 5.95. The SMILES string of the molecule is CN1CCN(c2cc(-c3ccc(NC(=O)[C@H]4COc5ccccc5O4)cc3F)ccn2)CC1.O=C(O)C(F)(F)F.O=C(O)C(F)(F)F. The molecule has 1 aromatic heterocycles. The number of fused-ring (bicyclic) bond motifs is 1. The number of carbonyl (C=O) groups is 3. The number of carbonyl (C=O) groups excluding carboxylic acids is 1. The minimum absolute atomic E-state index is 0.0928. The zero-order valence-electron chi connectivity index (χ0n) is 24.3. The van der Waals surface area contributed by atoms with Gasteiger partial charge in [-0.1, -0.05) is 12.1 Å². The summed E-state index contributed by atoms with van der Waals surface area (Å²) in [5, 5.41) is 17.0. The van der Waals surface area contributed by atoms with Crippen molar-refractivity contribution in [3.63, 3.8) is 0 Å². The Labute approximate surface area is 262 Å². The summed E-state index contributed by atoms with van der Waals surface area (Å²) >= 11 is 0. The molecule has 0 saturated carbocycles. The van der Waals surface area contributed by atoms with Gasteiger partial charge in [-0.25, -0.2) is 19.0 Å². The predicted molar refractivity (Wildman–Crippen MR) is 152 cm³/mol. The van der Waals surface area contributed by atoms with E-state index in [-0.39, 0.29) is 6.61 Å². The molecule has 1 amide bonds. The van der Waals surface area contributed by atoms with Crippen LogP contribution in [0.25, 0.3) is 11.1 Å². The second-order valence-electron chi connectivity index (χ2n) is 9.85. The number of piperazine rings is 1. The van der Waals surface area contributed by atoms with E-state index in [4.69, 9.17) is 29.3 Å². The molecule has 1 saturated heterocycles. The number of carboxylic acids is 2. The molecule has 0 unspecified atom stereocenters. The van der Waals surface area contributed by atoms with E-state index in [2.05, 4.69) is 27.1 Å². The quantitative estimate of drug-likeness (QED) is 0.334. The van der Waals surface area contributed by atoms with Crippen LogP contribution in [0.4, 0.5) is 42.2 Å². The Morgan fingerprint density at radius 3 is 2.00 bits per heavy atom. The largest absolute Gasteiger partial charge is 0.490 e. The first-order chi connectivity index (χ1) is 22.0. The van der Waals surface area contributed by atoms with E-state index in [1.807, 2.05) is 18.2 Å². The molecule has 1 atom stereocenters. The fourth-order valence-electron chi connectivity index (χ4n) is 3.99. The van der Waals surface area contributed by atoms with Crippen molar-refractivity contribution in [3.8, 4) is 22.6 Å². The second kappa shape index (κ2) is 15.4. The van der Waals surface area contributed by atoms with Crippen LogP contribution in [0.5, 0.6) is 11.5 Å². The maximum Gasteiger partial charge on any atom is 0.490 e. The van der Waals surface area contributed by atoms with Gasteiger partial charge in [0.05, 0.1) is 0 Å². The number of nitrogens with one attached hydrogen (secondary N) is 1. The Balaban J connectivity index is 0.000000360. The van der Waals surface area contributed by atoms with Crippen LogP contribution in [0.1, 0.15) is 0 Å². The van der Waals surface area contributed by atoms with E-state index in [0.29, 0.717) is 22.7 Å². The van der Waals surface area contributed by atoms with Crippen LogP contribution in [-0.4, -0.2) is 96.2 Å². The summed E-state index contributed by atoms with van der Waals surface area (Å²) in [4.78, 5) is 39.4. The third kappa shape index (κ3) is 10.7. The number of halogens is 7. The Bertz CT molecular complexity index is 1540. The number of pyridine rings is 1. The van der Waals surface area contributed by atoms with Crippen LogP contribution < -0.4 is 19.7 Å². The minimum atomic E-state index is -5.08. The lowest BCUT2D eigenvalue weighted by Gasteiger charge is -2.33. The van der Waals surface area contributed by atoms with Crippen LogP contribution >= 0.6 is 0 Å². The first-order valence-electron chi connectivity index (χ1n) is 13.4. The normalized spacial score (nSPS) is 16.1. The van der Waals surface area contributed by atoms with Crippen LogP contribution in [0.15, 0.2) is 60.8 Å². The maximum atomic E-state index is 15.0. The Morgan fingerprint density at radius 1 is 0.872 bits per heavy atom. The molecule has 47 heavy (non-hydrogen) atoms. The van der Waals surface area contributed by atoms with Crippen LogP contribution in [0.3, 0.4) is 0 Å². The van der Waals surface area contributed by atoms with Gasteiger partial charge < -0.3 is 34.8 Å². The van der Waals surface area contributed by atoms with E-state index in [1.165, 1.54) is 6.07 Å². The lowest BCUT2D eigenvalue weighted by molar-refractivity contribution is -0.193. The van der Waals surface area contributed by atoms with Crippen molar-refractivity contribution in [2.24, 2.45) is 0 Å². The maximum absolute atomic E-state index is 15.0. The summed E-state index contributed by atoms with van der Waals surface area (Å²) in [6.45, 7) is 3.80. The number of amides is 1. The molecule has 11 nitrogen and oxygen atoms in total. The number of rotatable bonds is 4. The third-order valence-corrected chi connectivity index (χ3v) is 6.41. The summed E-state index contributed by atoms with van der Waals surface area (Å²) in [5.41, 5.74) is 1.56. The smallest absolute Gasteiger partial charge is 0.485 e. The van der Waals surface area contributed by atoms with Gasteiger partial charge in [0, 0.05) is 43.6 Å². The van der Waals surface area contributed by atoms with Gasteiger partial charge in [0.25, 0.3) is 5.91 Å². The number of nitrogens with zero attached hydrogens (tertiary/aromatic N) is 3. The van der Waals surface area contributed by atoms with E-state index in [1.54, 1.807) is 36.5 Å². The minimum Gasteiger partial charge on any atom is -0.485 e. The lowest BCUT2D eigenvalue weighted by Crippen LogP contribution is -2.44. The molecule has 18 heteroatoms. The molecule has 2 aliphatic heterocycles. The summed E-state index contributed by atoms with van der Waals surface area (Å²) in [6.07, 6.45) is -9.27. The lowest BCUT2D eigenvalue weighted by atomic mass is 10.1. The average Bonchev–Trinajstić information content (AvgIpc) is 3.01. The second-order valence-corrected chi connectivity index (χ2v) is 9.85. The van der Waals surface area contributed by atoms with Crippen molar-refractivity contribution < 1.29 is 64.8 Å². The van der Waals surface area contributed by atoms with Crippen molar-refractivity contribution in [1.82, 2.24) is 9.88 Å². The van der Waals surface area contributed by atoms with Crippen LogP contribution in [0.2, 0.25) is 0 Å². The predicted octanol–water partition coefficient (Wildman–Crippen LogP) is 4.68. The fourth-order valence-corrected chi connectivity index (χ4v) is 3.99. The number of hydrogen-bond acceptors (Lipinski definition) is 8. The molecule has 2 aromatic carbocycles. The number of anilines is 2. The van der Waals surface area contributed by atoms with Gasteiger partial charge >= 0.3 is 24.3 Å². The molecule has 0 spiro atoms. The number of ether oxygens (including phenoxy) is 2. The molecule has 0 aliphatic carbocycles. The zero-order valence-corrected chi connectivity index (χ0v) is 24.3. The summed E-state index contributed by atoms with van der Waals surface area (Å²) < 4.78 is 89.8. The van der Waals surface area contributed by atoms with E-state index in [0.717, 1.165) is 37.6 Å². The Kier molecular flexibility index (Phi) is 11.9. The molecule has 254 valence electrons. The number of likely N-dealkylation sites (N-methyl/N-ethyl adjacent to an activating group) is 1. The van der Waals surface area contributed by atoms with Crippen LogP contribution in [0, 0.1) is 5.82 Å². The van der Waals surface area contributed by atoms with Gasteiger partial charge in [0.2, 0.25) is 6.10 Å².